The summed E-state index contributed by atoms with van der Waals surface area (Å²) >= 11 is 0. The molecule has 0 spiro atoms. The van der Waals surface area contributed by atoms with Crippen LogP contribution in [-0.2, 0) is 4.74 Å². The van der Waals surface area contributed by atoms with E-state index in [0.29, 0.717) is 11.6 Å². The van der Waals surface area contributed by atoms with Gasteiger partial charge in [-0.15, -0.1) is 0 Å². The van der Waals surface area contributed by atoms with Crippen LogP contribution in [0.4, 0.5) is 4.39 Å². The molecule has 0 radical (unpaired) electrons. The van der Waals surface area contributed by atoms with Gasteiger partial charge in [0, 0.05) is 19.1 Å². The lowest BCUT2D eigenvalue weighted by Gasteiger charge is -2.42. The molecule has 0 aromatic heterocycles. The number of likely N-dealkylation sites (N-methyl/N-ethyl adjacent to an activating group) is 1. The minimum Gasteiger partial charge on any atom is -0.374 e. The van der Waals surface area contributed by atoms with Crippen LogP contribution in [0.25, 0.3) is 0 Å². The molecule has 2 aliphatic rings. The van der Waals surface area contributed by atoms with Crippen LogP contribution in [-0.4, -0.2) is 43.8 Å². The van der Waals surface area contributed by atoms with E-state index in [-0.39, 0.29) is 18.0 Å². The molecule has 3 rings (SSSR count). The topological polar surface area (TPSA) is 24.5 Å². The van der Waals surface area contributed by atoms with E-state index in [2.05, 4.69) is 16.3 Å². The van der Waals surface area contributed by atoms with Gasteiger partial charge in [-0.2, -0.15) is 0 Å². The zero-order chi connectivity index (χ0) is 14.1. The molecular weight excluding hydrogens is 255 g/mol. The highest BCUT2D eigenvalue weighted by molar-refractivity contribution is 5.27. The Morgan fingerprint density at radius 3 is 2.85 bits per heavy atom. The number of morpholine rings is 1. The first kappa shape index (κ1) is 14.0. The molecule has 1 aromatic carbocycles. The van der Waals surface area contributed by atoms with E-state index >= 15 is 0 Å². The predicted molar refractivity (Wildman–Crippen MR) is 77.3 cm³/mol. The highest BCUT2D eigenvalue weighted by Crippen LogP contribution is 2.39. The van der Waals surface area contributed by atoms with E-state index in [0.717, 1.165) is 25.3 Å². The van der Waals surface area contributed by atoms with Crippen molar-refractivity contribution < 1.29 is 9.13 Å². The smallest absolute Gasteiger partial charge is 0.126 e. The standard InChI is InChI=1S/C16H23FN2O/c1-11-3-4-12(9-14(11)17)16-15(10-18-2)20-8-7-19(16)13-5-6-13/h3-4,9,13,15-16,18H,5-8,10H2,1-2H3. The number of hydrogen-bond acceptors (Lipinski definition) is 3. The third kappa shape index (κ3) is 2.73. The second-order valence-electron chi connectivity index (χ2n) is 5.89. The van der Waals surface area contributed by atoms with Gasteiger partial charge in [-0.1, -0.05) is 12.1 Å². The molecule has 1 aliphatic carbocycles. The van der Waals surface area contributed by atoms with E-state index in [4.69, 9.17) is 4.74 Å². The molecule has 1 saturated carbocycles. The highest BCUT2D eigenvalue weighted by atomic mass is 19.1. The third-order valence-corrected chi connectivity index (χ3v) is 4.35. The van der Waals surface area contributed by atoms with Crippen LogP contribution in [0.1, 0.15) is 30.0 Å². The molecule has 1 N–H and O–H groups in total. The molecule has 0 amide bonds. The Hall–Kier alpha value is -0.970. The minimum absolute atomic E-state index is 0.0939. The lowest BCUT2D eigenvalue weighted by Crippen LogP contribution is -2.49. The fourth-order valence-corrected chi connectivity index (χ4v) is 3.14. The number of aryl methyl sites for hydroxylation is 1. The molecule has 1 heterocycles. The SMILES string of the molecule is CNCC1OCCN(C2CC2)C1c1ccc(C)c(F)c1. The molecule has 20 heavy (non-hydrogen) atoms. The first-order chi connectivity index (χ1) is 9.70. The van der Waals surface area contributed by atoms with Gasteiger partial charge in [0.25, 0.3) is 0 Å². The Kier molecular flexibility index (Phi) is 4.06. The van der Waals surface area contributed by atoms with Crippen molar-refractivity contribution in [1.29, 1.82) is 0 Å². The molecule has 2 fully saturated rings. The zero-order valence-corrected chi connectivity index (χ0v) is 12.2. The van der Waals surface area contributed by atoms with Crippen molar-refractivity contribution in [2.45, 2.75) is 38.0 Å². The Bertz CT molecular complexity index is 474. The molecule has 110 valence electrons. The normalized spacial score (nSPS) is 27.8. The average molecular weight is 278 g/mol. The predicted octanol–water partition coefficient (Wildman–Crippen LogP) is 2.26. The third-order valence-electron chi connectivity index (χ3n) is 4.35. The fourth-order valence-electron chi connectivity index (χ4n) is 3.14. The van der Waals surface area contributed by atoms with Crippen molar-refractivity contribution in [1.82, 2.24) is 10.2 Å². The maximum Gasteiger partial charge on any atom is 0.126 e. The van der Waals surface area contributed by atoms with E-state index in [9.17, 15) is 4.39 Å². The van der Waals surface area contributed by atoms with Crippen LogP contribution in [0.3, 0.4) is 0 Å². The number of halogens is 1. The Labute approximate surface area is 120 Å². The van der Waals surface area contributed by atoms with Gasteiger partial charge in [-0.25, -0.2) is 4.39 Å². The average Bonchev–Trinajstić information content (AvgIpc) is 3.27. The van der Waals surface area contributed by atoms with Gasteiger partial charge in [-0.3, -0.25) is 4.90 Å². The van der Waals surface area contributed by atoms with Crippen molar-refractivity contribution in [2.75, 3.05) is 26.7 Å². The number of hydrogen-bond donors (Lipinski definition) is 1. The van der Waals surface area contributed by atoms with Crippen LogP contribution < -0.4 is 5.32 Å². The lowest BCUT2D eigenvalue weighted by atomic mass is 9.96. The second kappa shape index (κ2) is 5.80. The number of nitrogens with one attached hydrogen (secondary N) is 1. The summed E-state index contributed by atoms with van der Waals surface area (Å²) in [7, 11) is 1.94. The second-order valence-corrected chi connectivity index (χ2v) is 5.89. The first-order valence-electron chi connectivity index (χ1n) is 7.48. The van der Waals surface area contributed by atoms with Crippen LogP contribution in [0.5, 0.6) is 0 Å². The van der Waals surface area contributed by atoms with E-state index < -0.39 is 0 Å². The van der Waals surface area contributed by atoms with Gasteiger partial charge in [0.2, 0.25) is 0 Å². The van der Waals surface area contributed by atoms with Crippen LogP contribution in [0.2, 0.25) is 0 Å². The Balaban J connectivity index is 1.91. The summed E-state index contributed by atoms with van der Waals surface area (Å²) in [4.78, 5) is 2.51. The monoisotopic (exact) mass is 278 g/mol. The van der Waals surface area contributed by atoms with Crippen molar-refractivity contribution in [2.24, 2.45) is 0 Å². The maximum absolute atomic E-state index is 13.9. The summed E-state index contributed by atoms with van der Waals surface area (Å²) < 4.78 is 19.9. The van der Waals surface area contributed by atoms with E-state index in [1.54, 1.807) is 13.0 Å². The largest absolute Gasteiger partial charge is 0.374 e. The minimum atomic E-state index is -0.118. The van der Waals surface area contributed by atoms with Crippen LogP contribution in [0, 0.1) is 12.7 Å². The molecule has 2 unspecified atom stereocenters. The summed E-state index contributed by atoms with van der Waals surface area (Å²) in [5.74, 6) is -0.118. The lowest BCUT2D eigenvalue weighted by molar-refractivity contribution is -0.0740. The fraction of sp³-hybridized carbons (Fsp3) is 0.625. The quantitative estimate of drug-likeness (QED) is 0.914. The van der Waals surface area contributed by atoms with Gasteiger partial charge in [0.15, 0.2) is 0 Å². The number of benzene rings is 1. The maximum atomic E-state index is 13.9. The molecular formula is C16H23FN2O. The molecule has 3 nitrogen and oxygen atoms in total. The van der Waals surface area contributed by atoms with Gasteiger partial charge >= 0.3 is 0 Å². The Morgan fingerprint density at radius 2 is 2.20 bits per heavy atom. The molecule has 2 atom stereocenters. The molecule has 0 bridgehead atoms. The molecule has 4 heteroatoms. The van der Waals surface area contributed by atoms with Crippen LogP contribution in [0.15, 0.2) is 18.2 Å². The van der Waals surface area contributed by atoms with E-state index in [1.807, 2.05) is 13.1 Å². The number of ether oxygens (including phenoxy) is 1. The summed E-state index contributed by atoms with van der Waals surface area (Å²) in [5, 5.41) is 3.20. The molecule has 1 aromatic rings. The molecule has 1 saturated heterocycles. The first-order valence-corrected chi connectivity index (χ1v) is 7.48. The van der Waals surface area contributed by atoms with Gasteiger partial charge in [0.05, 0.1) is 18.8 Å². The summed E-state index contributed by atoms with van der Waals surface area (Å²) in [6, 6.07) is 6.44. The van der Waals surface area contributed by atoms with Gasteiger partial charge in [-0.05, 0) is 44.0 Å². The van der Waals surface area contributed by atoms with Crippen LogP contribution >= 0.6 is 0 Å². The van der Waals surface area contributed by atoms with Gasteiger partial charge in [0.1, 0.15) is 5.82 Å². The van der Waals surface area contributed by atoms with Crippen molar-refractivity contribution in [3.05, 3.63) is 35.1 Å². The highest BCUT2D eigenvalue weighted by Gasteiger charge is 2.41. The summed E-state index contributed by atoms with van der Waals surface area (Å²) in [6.45, 7) is 4.32. The number of nitrogens with zero attached hydrogens (tertiary/aromatic N) is 1. The van der Waals surface area contributed by atoms with E-state index in [1.165, 1.54) is 12.8 Å². The Morgan fingerprint density at radius 1 is 1.40 bits per heavy atom. The van der Waals surface area contributed by atoms with Gasteiger partial charge < -0.3 is 10.1 Å². The van der Waals surface area contributed by atoms with Crippen molar-refractivity contribution >= 4 is 0 Å². The van der Waals surface area contributed by atoms with Crippen molar-refractivity contribution in [3.8, 4) is 0 Å². The van der Waals surface area contributed by atoms with Crippen molar-refractivity contribution in [3.63, 3.8) is 0 Å². The summed E-state index contributed by atoms with van der Waals surface area (Å²) in [5.41, 5.74) is 1.74. The zero-order valence-electron chi connectivity index (χ0n) is 12.2. The molecule has 1 aliphatic heterocycles. The number of rotatable bonds is 4. The summed E-state index contributed by atoms with van der Waals surface area (Å²) in [6.07, 6.45) is 2.62.